The Labute approximate surface area is 174 Å². The average molecular weight is 402 g/mol. The summed E-state index contributed by atoms with van der Waals surface area (Å²) in [5, 5.41) is 2.98. The first-order valence-electron chi connectivity index (χ1n) is 9.96. The van der Waals surface area contributed by atoms with Crippen LogP contribution in [0.4, 0.5) is 5.82 Å². The molecule has 0 saturated heterocycles. The van der Waals surface area contributed by atoms with Gasteiger partial charge in [-0.15, -0.1) is 0 Å². The van der Waals surface area contributed by atoms with E-state index in [1.807, 2.05) is 54.6 Å². The lowest BCUT2D eigenvalue weighted by Crippen LogP contribution is -2.28. The number of benzene rings is 2. The van der Waals surface area contributed by atoms with Crippen LogP contribution in [0.5, 0.6) is 17.2 Å². The predicted molar refractivity (Wildman–Crippen MR) is 112 cm³/mol. The monoisotopic (exact) mass is 402 g/mol. The van der Waals surface area contributed by atoms with E-state index in [1.165, 1.54) is 0 Å². The maximum Gasteiger partial charge on any atom is 0.236 e. The highest BCUT2D eigenvalue weighted by Crippen LogP contribution is 2.51. The maximum atomic E-state index is 13.0. The summed E-state index contributed by atoms with van der Waals surface area (Å²) < 4.78 is 16.2. The highest BCUT2D eigenvalue weighted by molar-refractivity contribution is 6.01. The fourth-order valence-electron chi connectivity index (χ4n) is 3.87. The molecule has 0 radical (unpaired) electrons. The number of ether oxygens (including phenoxy) is 3. The van der Waals surface area contributed by atoms with Gasteiger partial charge in [-0.3, -0.25) is 4.79 Å². The number of methoxy groups -OCH3 is 1. The number of aromatic nitrogens is 1. The number of hydrogen-bond donors (Lipinski definition) is 1. The van der Waals surface area contributed by atoms with Gasteiger partial charge >= 0.3 is 0 Å². The Morgan fingerprint density at radius 1 is 1.10 bits per heavy atom. The normalized spacial score (nSPS) is 15.5. The number of amides is 1. The van der Waals surface area contributed by atoms with Crippen molar-refractivity contribution in [2.24, 2.45) is 0 Å². The summed E-state index contributed by atoms with van der Waals surface area (Å²) in [4.78, 5) is 17.5. The zero-order chi connectivity index (χ0) is 20.6. The molecular weight excluding hydrogens is 380 g/mol. The number of para-hydroxylation sites is 1. The number of nitrogens with one attached hydrogen (secondary N) is 1. The van der Waals surface area contributed by atoms with Crippen molar-refractivity contribution in [1.82, 2.24) is 4.98 Å². The zero-order valence-electron chi connectivity index (χ0n) is 16.7. The van der Waals surface area contributed by atoms with Crippen LogP contribution in [0.1, 0.15) is 29.5 Å². The van der Waals surface area contributed by atoms with Gasteiger partial charge < -0.3 is 19.5 Å². The fraction of sp³-hybridized carbons (Fsp3) is 0.250. The molecule has 1 aromatic heterocycles. The molecule has 1 aliphatic carbocycles. The predicted octanol–water partition coefficient (Wildman–Crippen LogP) is 4.08. The van der Waals surface area contributed by atoms with Crippen LogP contribution in [0.2, 0.25) is 0 Å². The van der Waals surface area contributed by atoms with E-state index in [-0.39, 0.29) is 12.7 Å². The number of anilines is 1. The van der Waals surface area contributed by atoms with Gasteiger partial charge in [-0.2, -0.15) is 0 Å². The van der Waals surface area contributed by atoms with Gasteiger partial charge in [0.2, 0.25) is 12.7 Å². The van der Waals surface area contributed by atoms with Crippen LogP contribution < -0.4 is 19.5 Å². The van der Waals surface area contributed by atoms with Crippen molar-refractivity contribution in [2.45, 2.75) is 24.7 Å². The Kier molecular flexibility index (Phi) is 4.54. The molecule has 0 atom stereocenters. The second-order valence-corrected chi connectivity index (χ2v) is 7.64. The number of pyridine rings is 1. The summed E-state index contributed by atoms with van der Waals surface area (Å²) >= 11 is 0. The number of nitrogens with zero attached hydrogens (tertiary/aromatic N) is 1. The van der Waals surface area contributed by atoms with Crippen LogP contribution in [-0.2, 0) is 16.6 Å². The third kappa shape index (κ3) is 3.34. The largest absolute Gasteiger partial charge is 0.496 e. The molecule has 0 unspecified atom stereocenters. The van der Waals surface area contributed by atoms with Crippen molar-refractivity contribution in [3.05, 3.63) is 77.5 Å². The fourth-order valence-corrected chi connectivity index (χ4v) is 3.87. The van der Waals surface area contributed by atoms with Gasteiger partial charge in [-0.1, -0.05) is 30.3 Å². The summed E-state index contributed by atoms with van der Waals surface area (Å²) in [5.74, 6) is 2.80. The number of rotatable bonds is 6. The summed E-state index contributed by atoms with van der Waals surface area (Å²) in [7, 11) is 1.67. The van der Waals surface area contributed by atoms with Crippen molar-refractivity contribution in [3.63, 3.8) is 0 Å². The number of carbonyl (C=O) groups is 1. The third-order valence-corrected chi connectivity index (χ3v) is 5.76. The SMILES string of the molecule is COc1ccccc1Cc1ccc(NC(=O)C2(c3ccc4c(c3)OCO4)CC2)nc1. The lowest BCUT2D eigenvalue weighted by atomic mass is 9.94. The van der Waals surface area contributed by atoms with E-state index in [2.05, 4.69) is 10.3 Å². The van der Waals surface area contributed by atoms with Crippen LogP contribution >= 0.6 is 0 Å². The Balaban J connectivity index is 1.28. The molecule has 1 saturated carbocycles. The smallest absolute Gasteiger partial charge is 0.236 e. The number of fused-ring (bicyclic) bond motifs is 1. The molecule has 152 valence electrons. The summed E-state index contributed by atoms with van der Waals surface area (Å²) in [6, 6.07) is 17.5. The van der Waals surface area contributed by atoms with Gasteiger partial charge in [0, 0.05) is 12.6 Å². The second kappa shape index (κ2) is 7.37. The van der Waals surface area contributed by atoms with E-state index < -0.39 is 5.41 Å². The van der Waals surface area contributed by atoms with Crippen molar-refractivity contribution < 1.29 is 19.0 Å². The molecule has 6 heteroatoms. The Morgan fingerprint density at radius 3 is 2.70 bits per heavy atom. The van der Waals surface area contributed by atoms with Crippen molar-refractivity contribution in [2.75, 3.05) is 19.2 Å². The van der Waals surface area contributed by atoms with Gasteiger partial charge in [-0.25, -0.2) is 4.98 Å². The standard InChI is InChI=1S/C24H22N2O4/c1-28-19-5-3-2-4-17(19)12-16-6-9-22(25-14-16)26-23(27)24(10-11-24)18-7-8-20-21(13-18)30-15-29-20/h2-9,13-14H,10-12,15H2,1H3,(H,25,26,27). The molecule has 2 heterocycles. The quantitative estimate of drug-likeness (QED) is 0.673. The third-order valence-electron chi connectivity index (χ3n) is 5.76. The Bertz CT molecular complexity index is 1090. The molecule has 1 fully saturated rings. The highest BCUT2D eigenvalue weighted by atomic mass is 16.7. The minimum atomic E-state index is -0.515. The molecular formula is C24H22N2O4. The molecule has 5 rings (SSSR count). The van der Waals surface area contributed by atoms with Crippen LogP contribution in [0.3, 0.4) is 0 Å². The number of carbonyl (C=O) groups excluding carboxylic acids is 1. The maximum absolute atomic E-state index is 13.0. The molecule has 2 aliphatic rings. The Hall–Kier alpha value is -3.54. The van der Waals surface area contributed by atoms with Crippen LogP contribution in [0.25, 0.3) is 0 Å². The molecule has 2 aromatic carbocycles. The topological polar surface area (TPSA) is 69.7 Å². The lowest BCUT2D eigenvalue weighted by Gasteiger charge is -2.16. The van der Waals surface area contributed by atoms with E-state index >= 15 is 0 Å². The van der Waals surface area contributed by atoms with Crippen LogP contribution in [0.15, 0.2) is 60.8 Å². The first kappa shape index (κ1) is 18.5. The molecule has 1 N–H and O–H groups in total. The molecule has 3 aromatic rings. The van der Waals surface area contributed by atoms with Crippen molar-refractivity contribution >= 4 is 11.7 Å². The van der Waals surface area contributed by atoms with E-state index in [0.29, 0.717) is 18.0 Å². The first-order chi connectivity index (χ1) is 14.7. The summed E-state index contributed by atoms with van der Waals surface area (Å²) in [6.07, 6.45) is 4.13. The minimum Gasteiger partial charge on any atom is -0.496 e. The van der Waals surface area contributed by atoms with E-state index in [1.54, 1.807) is 13.3 Å². The van der Waals surface area contributed by atoms with E-state index in [0.717, 1.165) is 41.0 Å². The van der Waals surface area contributed by atoms with Gasteiger partial charge in [-0.05, 0) is 53.8 Å². The second-order valence-electron chi connectivity index (χ2n) is 7.64. The van der Waals surface area contributed by atoms with Gasteiger partial charge in [0.15, 0.2) is 11.5 Å². The minimum absolute atomic E-state index is 0.0358. The molecule has 1 amide bonds. The highest BCUT2D eigenvalue weighted by Gasteiger charge is 2.51. The molecule has 0 spiro atoms. The van der Waals surface area contributed by atoms with Crippen molar-refractivity contribution in [1.29, 1.82) is 0 Å². The zero-order valence-corrected chi connectivity index (χ0v) is 16.7. The molecule has 30 heavy (non-hydrogen) atoms. The van der Waals surface area contributed by atoms with Gasteiger partial charge in [0.05, 0.1) is 12.5 Å². The van der Waals surface area contributed by atoms with Gasteiger partial charge in [0.1, 0.15) is 11.6 Å². The first-order valence-corrected chi connectivity index (χ1v) is 9.96. The summed E-state index contributed by atoms with van der Waals surface area (Å²) in [6.45, 7) is 0.225. The average Bonchev–Trinajstić information content (AvgIpc) is 3.46. The number of hydrogen-bond acceptors (Lipinski definition) is 5. The Morgan fingerprint density at radius 2 is 1.93 bits per heavy atom. The van der Waals surface area contributed by atoms with E-state index in [4.69, 9.17) is 14.2 Å². The molecule has 1 aliphatic heterocycles. The molecule has 0 bridgehead atoms. The summed E-state index contributed by atoms with van der Waals surface area (Å²) in [5.41, 5.74) is 2.59. The van der Waals surface area contributed by atoms with Crippen LogP contribution in [-0.4, -0.2) is 24.8 Å². The van der Waals surface area contributed by atoms with E-state index in [9.17, 15) is 4.79 Å². The molecule has 6 nitrogen and oxygen atoms in total. The van der Waals surface area contributed by atoms with Gasteiger partial charge in [0.25, 0.3) is 0 Å². The van der Waals surface area contributed by atoms with Crippen molar-refractivity contribution in [3.8, 4) is 17.2 Å². The lowest BCUT2D eigenvalue weighted by molar-refractivity contribution is -0.118. The van der Waals surface area contributed by atoms with Crippen LogP contribution in [0, 0.1) is 0 Å².